The summed E-state index contributed by atoms with van der Waals surface area (Å²) in [7, 11) is 0. The molecule has 0 atom stereocenters. The third kappa shape index (κ3) is 10.9. The van der Waals surface area contributed by atoms with Crippen LogP contribution in [-0.4, -0.2) is 22.2 Å². The number of rotatable bonds is 8. The maximum Gasteiger partial charge on any atom is 0.303 e. The summed E-state index contributed by atoms with van der Waals surface area (Å²) in [5.74, 6) is -1.27. The van der Waals surface area contributed by atoms with Crippen molar-refractivity contribution >= 4 is 11.9 Å². The molecule has 0 heterocycles. The molecule has 13 heavy (non-hydrogen) atoms. The summed E-state index contributed by atoms with van der Waals surface area (Å²) in [5.41, 5.74) is 0. The summed E-state index contributed by atoms with van der Waals surface area (Å²) >= 11 is 0. The highest BCUT2D eigenvalue weighted by atomic mass is 16.4. The molecule has 0 spiro atoms. The fraction of sp³-hybridized carbons (Fsp3) is 0.778. The topological polar surface area (TPSA) is 74.6 Å². The van der Waals surface area contributed by atoms with Gasteiger partial charge in [0.25, 0.3) is 1.43 Å². The van der Waals surface area contributed by atoms with E-state index in [4.69, 9.17) is 6.54 Å². The molecule has 0 saturated heterocycles. The van der Waals surface area contributed by atoms with Crippen LogP contribution in [0.15, 0.2) is 0 Å². The molecule has 0 fully saturated rings. The van der Waals surface area contributed by atoms with Gasteiger partial charge in [-0.2, -0.15) is 0 Å². The first-order valence-corrected chi connectivity index (χ1v) is 4.54. The van der Waals surface area contributed by atoms with E-state index in [0.717, 1.165) is 19.3 Å². The zero-order valence-electron chi connectivity index (χ0n) is 8.62. The molecular formula is C9H16O4. The van der Waals surface area contributed by atoms with Crippen LogP contribution in [0, 0.1) is 0 Å². The van der Waals surface area contributed by atoms with E-state index < -0.39 is 11.9 Å². The van der Waals surface area contributed by atoms with Crippen LogP contribution in [0.3, 0.4) is 0 Å². The predicted octanol–water partition coefficient (Wildman–Crippen LogP) is 1.89. The van der Waals surface area contributed by atoms with Crippen LogP contribution in [0.25, 0.3) is 1.43 Å². The van der Waals surface area contributed by atoms with Crippen molar-refractivity contribution in [2.24, 2.45) is 0 Å². The van der Waals surface area contributed by atoms with Crippen LogP contribution < -0.4 is 0 Å². The fourth-order valence-corrected chi connectivity index (χ4v) is 1.08. The van der Waals surface area contributed by atoms with Gasteiger partial charge in [0.15, 0.2) is 0 Å². The number of carboxylic acid groups (broad SMARTS) is 2. The van der Waals surface area contributed by atoms with Gasteiger partial charge in [-0.25, -0.2) is 0 Å². The fourth-order valence-electron chi connectivity index (χ4n) is 1.08. The maximum absolute atomic E-state index is 10.5. The lowest BCUT2D eigenvalue weighted by Crippen LogP contribution is -1.95. The summed E-state index contributed by atoms with van der Waals surface area (Å²) < 4.78 is 6.29. The van der Waals surface area contributed by atoms with Gasteiger partial charge in [0, 0.05) is 12.8 Å². The van der Waals surface area contributed by atoms with E-state index >= 15 is 0 Å². The molecule has 76 valence electrons. The van der Waals surface area contributed by atoms with Crippen molar-refractivity contribution in [1.82, 2.24) is 0 Å². The standard InChI is InChI=1S/C9H16O4/c10-8(11)6-4-2-1-3-5-7-9(12)13/h1-7H2,(H,10,11)(H,12,13)/i/hD. The highest BCUT2D eigenvalue weighted by Gasteiger charge is 1.98. The van der Waals surface area contributed by atoms with Crippen molar-refractivity contribution in [3.05, 3.63) is 0 Å². The number of unbranched alkanes of at least 4 members (excludes halogenated alkanes) is 4. The molecule has 0 aromatic carbocycles. The second-order valence-corrected chi connectivity index (χ2v) is 3.03. The second-order valence-electron chi connectivity index (χ2n) is 3.03. The van der Waals surface area contributed by atoms with E-state index in [0.29, 0.717) is 12.8 Å². The maximum atomic E-state index is 10.5. The SMILES string of the molecule is [2H]OC(=O)CCCCCCCC(=O)O. The Hall–Kier alpha value is -1.06. The van der Waals surface area contributed by atoms with Gasteiger partial charge in [-0.05, 0) is 12.8 Å². The summed E-state index contributed by atoms with van der Waals surface area (Å²) in [4.78, 5) is 20.6. The van der Waals surface area contributed by atoms with Gasteiger partial charge < -0.3 is 10.2 Å². The smallest absolute Gasteiger partial charge is 0.303 e. The Bertz CT molecular complexity index is 182. The average Bonchev–Trinajstić information content (AvgIpc) is 2.15. The normalized spacial score (nSPS) is 10.6. The number of hydrogen-bond donors (Lipinski definition) is 2. The Morgan fingerprint density at radius 2 is 1.38 bits per heavy atom. The average molecular weight is 189 g/mol. The summed E-state index contributed by atoms with van der Waals surface area (Å²) in [5, 5.41) is 12.1. The van der Waals surface area contributed by atoms with Gasteiger partial charge >= 0.3 is 11.9 Å². The molecular weight excluding hydrogens is 172 g/mol. The van der Waals surface area contributed by atoms with E-state index in [9.17, 15) is 9.59 Å². The molecule has 4 heteroatoms. The van der Waals surface area contributed by atoms with Gasteiger partial charge in [-0.3, -0.25) is 9.59 Å². The molecule has 0 aliphatic carbocycles. The summed E-state index contributed by atoms with van der Waals surface area (Å²) in [6, 6.07) is 0. The lowest BCUT2D eigenvalue weighted by molar-refractivity contribution is -0.138. The van der Waals surface area contributed by atoms with Crippen LogP contribution >= 0.6 is 0 Å². The molecule has 0 bridgehead atoms. The van der Waals surface area contributed by atoms with E-state index in [2.05, 4.69) is 5.11 Å². The third-order valence-corrected chi connectivity index (χ3v) is 1.77. The molecule has 0 aromatic heterocycles. The number of aliphatic carboxylic acids is 2. The Morgan fingerprint density at radius 1 is 0.923 bits per heavy atom. The van der Waals surface area contributed by atoms with Crippen LogP contribution in [0.2, 0.25) is 0 Å². The highest BCUT2D eigenvalue weighted by molar-refractivity contribution is 5.66. The molecule has 0 aromatic rings. The van der Waals surface area contributed by atoms with E-state index in [1.54, 1.807) is 0 Å². The van der Waals surface area contributed by atoms with Crippen LogP contribution in [-0.2, 0) is 9.59 Å². The minimum Gasteiger partial charge on any atom is -0.481 e. The lowest BCUT2D eigenvalue weighted by Gasteiger charge is -1.97. The molecule has 0 aliphatic rings. The summed E-state index contributed by atoms with van der Waals surface area (Å²) in [6.07, 6.45) is 4.59. The number of carbonyl (C=O) groups is 2. The van der Waals surface area contributed by atoms with Crippen molar-refractivity contribution < 1.29 is 19.8 Å². The summed E-state index contributed by atoms with van der Waals surface area (Å²) in [6.45, 7) is 0. The monoisotopic (exact) mass is 189 g/mol. The largest absolute Gasteiger partial charge is 0.481 e. The number of carboxylic acids is 2. The third-order valence-electron chi connectivity index (χ3n) is 1.77. The quantitative estimate of drug-likeness (QED) is 0.572. The van der Waals surface area contributed by atoms with Gasteiger partial charge in [0.1, 0.15) is 0 Å². The predicted molar refractivity (Wildman–Crippen MR) is 47.6 cm³/mol. The highest BCUT2D eigenvalue weighted by Crippen LogP contribution is 2.06. The first-order valence-electron chi connectivity index (χ1n) is 4.95. The van der Waals surface area contributed by atoms with Crippen molar-refractivity contribution in [2.45, 2.75) is 44.9 Å². The Morgan fingerprint density at radius 3 is 1.85 bits per heavy atom. The Labute approximate surface area is 79.1 Å². The second kappa shape index (κ2) is 7.58. The molecule has 0 rings (SSSR count). The zero-order chi connectivity index (χ0) is 10.8. The zero-order valence-corrected chi connectivity index (χ0v) is 7.62. The molecule has 0 unspecified atom stereocenters. The first kappa shape index (κ1) is 10.0. The van der Waals surface area contributed by atoms with Crippen molar-refractivity contribution in [3.8, 4) is 0 Å². The molecule has 4 nitrogen and oxygen atoms in total. The molecule has 2 N–H and O–H groups in total. The molecule has 0 radical (unpaired) electrons. The van der Waals surface area contributed by atoms with E-state index in [-0.39, 0.29) is 12.8 Å². The van der Waals surface area contributed by atoms with Gasteiger partial charge in [0.05, 0.1) is 0 Å². The Kier molecular flexibility index (Phi) is 5.85. The Balaban J connectivity index is 3.06. The first-order chi connectivity index (χ1) is 6.66. The van der Waals surface area contributed by atoms with Crippen molar-refractivity contribution in [3.63, 3.8) is 0 Å². The molecule has 0 amide bonds. The van der Waals surface area contributed by atoms with Crippen LogP contribution in [0.5, 0.6) is 0 Å². The van der Waals surface area contributed by atoms with E-state index in [1.807, 2.05) is 0 Å². The minimum atomic E-state index is -0.761. The molecule has 0 aliphatic heterocycles. The molecule has 0 saturated carbocycles. The van der Waals surface area contributed by atoms with Crippen LogP contribution in [0.1, 0.15) is 44.9 Å². The van der Waals surface area contributed by atoms with Crippen molar-refractivity contribution in [1.29, 1.82) is 1.43 Å². The van der Waals surface area contributed by atoms with Gasteiger partial charge in [0.2, 0.25) is 0 Å². The van der Waals surface area contributed by atoms with Crippen molar-refractivity contribution in [2.75, 3.05) is 0 Å². The minimum absolute atomic E-state index is 0.217. The lowest BCUT2D eigenvalue weighted by atomic mass is 10.1. The van der Waals surface area contributed by atoms with E-state index in [1.165, 1.54) is 0 Å². The van der Waals surface area contributed by atoms with Gasteiger partial charge in [-0.1, -0.05) is 19.3 Å². The van der Waals surface area contributed by atoms with Crippen LogP contribution in [0.4, 0.5) is 0 Å². The van der Waals surface area contributed by atoms with Gasteiger partial charge in [-0.15, -0.1) is 0 Å². The number of hydrogen-bond acceptors (Lipinski definition) is 3.